The van der Waals surface area contributed by atoms with Crippen molar-refractivity contribution in [2.45, 2.75) is 38.6 Å². The van der Waals surface area contributed by atoms with Crippen molar-refractivity contribution < 1.29 is 0 Å². The molecule has 0 saturated carbocycles. The number of nitrogens with zero attached hydrogens (tertiary/aromatic N) is 1. The van der Waals surface area contributed by atoms with Gasteiger partial charge in [-0.1, -0.05) is 46.3 Å². The summed E-state index contributed by atoms with van der Waals surface area (Å²) in [5.74, 6) is 0. The molecule has 0 aliphatic heterocycles. The van der Waals surface area contributed by atoms with Gasteiger partial charge >= 0.3 is 0 Å². The van der Waals surface area contributed by atoms with Crippen molar-refractivity contribution in [3.05, 3.63) is 35.9 Å². The van der Waals surface area contributed by atoms with E-state index in [4.69, 9.17) is 0 Å². The SMILES string of the molecule is CN(CCCCc1ccccc1)C(C)(C)CBr. The summed E-state index contributed by atoms with van der Waals surface area (Å²) in [5, 5.41) is 1.02. The summed E-state index contributed by atoms with van der Waals surface area (Å²) in [6, 6.07) is 10.7. The van der Waals surface area contributed by atoms with E-state index in [1.807, 2.05) is 0 Å². The smallest absolute Gasteiger partial charge is 0.0246 e. The van der Waals surface area contributed by atoms with E-state index in [-0.39, 0.29) is 5.54 Å². The Hall–Kier alpha value is -0.340. The van der Waals surface area contributed by atoms with E-state index >= 15 is 0 Å². The fourth-order valence-electron chi connectivity index (χ4n) is 1.73. The molecule has 1 nitrogen and oxygen atoms in total. The summed E-state index contributed by atoms with van der Waals surface area (Å²) in [4.78, 5) is 2.44. The third-order valence-corrected chi connectivity index (χ3v) is 4.78. The van der Waals surface area contributed by atoms with E-state index in [0.717, 1.165) is 5.33 Å². The maximum atomic E-state index is 3.58. The second-order valence-electron chi connectivity index (χ2n) is 5.31. The van der Waals surface area contributed by atoms with Gasteiger partial charge in [0.25, 0.3) is 0 Å². The minimum Gasteiger partial charge on any atom is -0.300 e. The topological polar surface area (TPSA) is 3.24 Å². The van der Waals surface area contributed by atoms with Gasteiger partial charge in [-0.25, -0.2) is 0 Å². The molecule has 1 aromatic rings. The van der Waals surface area contributed by atoms with Gasteiger partial charge in [-0.15, -0.1) is 0 Å². The highest BCUT2D eigenvalue weighted by Gasteiger charge is 2.20. The van der Waals surface area contributed by atoms with Gasteiger partial charge in [0.15, 0.2) is 0 Å². The first-order valence-electron chi connectivity index (χ1n) is 6.37. The molecule has 0 heterocycles. The molecule has 17 heavy (non-hydrogen) atoms. The Morgan fingerprint density at radius 1 is 1.12 bits per heavy atom. The zero-order valence-electron chi connectivity index (χ0n) is 11.2. The summed E-state index contributed by atoms with van der Waals surface area (Å²) >= 11 is 3.58. The second-order valence-corrected chi connectivity index (χ2v) is 5.87. The third-order valence-electron chi connectivity index (χ3n) is 3.41. The molecule has 0 aliphatic rings. The molecule has 1 aromatic carbocycles. The van der Waals surface area contributed by atoms with E-state index < -0.39 is 0 Å². The van der Waals surface area contributed by atoms with E-state index in [0.29, 0.717) is 0 Å². The second kappa shape index (κ2) is 7.17. The van der Waals surface area contributed by atoms with Crippen LogP contribution in [-0.2, 0) is 6.42 Å². The summed E-state index contributed by atoms with van der Waals surface area (Å²) in [5.41, 5.74) is 1.71. The number of rotatable bonds is 7. The highest BCUT2D eigenvalue weighted by atomic mass is 79.9. The molecule has 0 saturated heterocycles. The molecule has 0 unspecified atom stereocenters. The lowest BCUT2D eigenvalue weighted by molar-refractivity contribution is 0.178. The van der Waals surface area contributed by atoms with Crippen molar-refractivity contribution in [1.29, 1.82) is 0 Å². The minimum atomic E-state index is 0.257. The van der Waals surface area contributed by atoms with Crippen LogP contribution in [0.1, 0.15) is 32.3 Å². The zero-order chi connectivity index (χ0) is 12.7. The summed E-state index contributed by atoms with van der Waals surface area (Å²) in [6.45, 7) is 5.73. The van der Waals surface area contributed by atoms with Crippen LogP contribution < -0.4 is 0 Å². The monoisotopic (exact) mass is 297 g/mol. The molecule has 0 N–H and O–H groups in total. The van der Waals surface area contributed by atoms with Gasteiger partial charge in [0.2, 0.25) is 0 Å². The summed E-state index contributed by atoms with van der Waals surface area (Å²) in [7, 11) is 2.21. The lowest BCUT2D eigenvalue weighted by atomic mass is 10.0. The highest BCUT2D eigenvalue weighted by Crippen LogP contribution is 2.16. The normalized spacial score (nSPS) is 12.1. The Balaban J connectivity index is 2.21. The summed E-state index contributed by atoms with van der Waals surface area (Å²) in [6.07, 6.45) is 3.73. The molecule has 2 heteroatoms. The molecule has 0 fully saturated rings. The average molecular weight is 298 g/mol. The highest BCUT2D eigenvalue weighted by molar-refractivity contribution is 9.09. The fraction of sp³-hybridized carbons (Fsp3) is 0.600. The van der Waals surface area contributed by atoms with E-state index in [9.17, 15) is 0 Å². The molecule has 96 valence electrons. The first kappa shape index (κ1) is 14.7. The fourth-order valence-corrected chi connectivity index (χ4v) is 2.16. The van der Waals surface area contributed by atoms with Gasteiger partial charge in [0.1, 0.15) is 0 Å². The molecule has 0 atom stereocenters. The van der Waals surface area contributed by atoms with Crippen molar-refractivity contribution in [3.8, 4) is 0 Å². The first-order valence-corrected chi connectivity index (χ1v) is 7.49. The van der Waals surface area contributed by atoms with Crippen LogP contribution in [0.3, 0.4) is 0 Å². The van der Waals surface area contributed by atoms with Crippen LogP contribution >= 0.6 is 15.9 Å². The number of hydrogen-bond donors (Lipinski definition) is 0. The van der Waals surface area contributed by atoms with Gasteiger partial charge in [-0.2, -0.15) is 0 Å². The van der Waals surface area contributed by atoms with Crippen LogP contribution in [0.25, 0.3) is 0 Å². The van der Waals surface area contributed by atoms with Gasteiger partial charge in [0, 0.05) is 10.9 Å². The average Bonchev–Trinajstić information content (AvgIpc) is 2.35. The molecule has 0 aliphatic carbocycles. The lowest BCUT2D eigenvalue weighted by Crippen LogP contribution is -2.43. The predicted molar refractivity (Wildman–Crippen MR) is 79.9 cm³/mol. The number of benzene rings is 1. The number of aryl methyl sites for hydroxylation is 1. The number of hydrogen-bond acceptors (Lipinski definition) is 1. The van der Waals surface area contributed by atoms with Crippen LogP contribution in [0.5, 0.6) is 0 Å². The minimum absolute atomic E-state index is 0.257. The first-order chi connectivity index (χ1) is 8.06. The maximum absolute atomic E-state index is 3.58. The van der Waals surface area contributed by atoms with Crippen molar-refractivity contribution in [1.82, 2.24) is 4.90 Å². The van der Waals surface area contributed by atoms with Crippen molar-refractivity contribution >= 4 is 15.9 Å². The van der Waals surface area contributed by atoms with E-state index in [2.05, 4.69) is 72.1 Å². The molecular formula is C15H24BrN. The Morgan fingerprint density at radius 3 is 2.35 bits per heavy atom. The number of halogens is 1. The Bertz CT molecular complexity index is 308. The Morgan fingerprint density at radius 2 is 1.76 bits per heavy atom. The Labute approximate surface area is 114 Å². The molecule has 0 spiro atoms. The molecular weight excluding hydrogens is 274 g/mol. The predicted octanol–water partition coefficient (Wildman–Crippen LogP) is 4.11. The summed E-state index contributed by atoms with van der Waals surface area (Å²) < 4.78 is 0. The molecule has 0 aromatic heterocycles. The molecule has 0 bridgehead atoms. The van der Waals surface area contributed by atoms with Gasteiger partial charge in [-0.3, -0.25) is 0 Å². The van der Waals surface area contributed by atoms with E-state index in [1.165, 1.54) is 31.4 Å². The molecule has 0 radical (unpaired) electrons. The van der Waals surface area contributed by atoms with Crippen molar-refractivity contribution in [2.24, 2.45) is 0 Å². The third kappa shape index (κ3) is 5.22. The van der Waals surface area contributed by atoms with Crippen LogP contribution in [0, 0.1) is 0 Å². The van der Waals surface area contributed by atoms with Crippen LogP contribution in [0.15, 0.2) is 30.3 Å². The molecule has 0 amide bonds. The molecule has 1 rings (SSSR count). The zero-order valence-corrected chi connectivity index (χ0v) is 12.8. The van der Waals surface area contributed by atoms with Gasteiger partial charge < -0.3 is 4.90 Å². The van der Waals surface area contributed by atoms with Crippen LogP contribution in [-0.4, -0.2) is 29.4 Å². The standard InChI is InChI=1S/C15H24BrN/c1-15(2,13-16)17(3)12-8-7-11-14-9-5-4-6-10-14/h4-6,9-10H,7-8,11-13H2,1-3H3. The largest absolute Gasteiger partial charge is 0.300 e. The van der Waals surface area contributed by atoms with Crippen molar-refractivity contribution in [2.75, 3.05) is 18.9 Å². The number of alkyl halides is 1. The number of unbranched alkanes of at least 4 members (excludes halogenated alkanes) is 1. The quantitative estimate of drug-likeness (QED) is 0.541. The van der Waals surface area contributed by atoms with Gasteiger partial charge in [-0.05, 0) is 52.3 Å². The van der Waals surface area contributed by atoms with E-state index in [1.54, 1.807) is 0 Å². The van der Waals surface area contributed by atoms with Gasteiger partial charge in [0.05, 0.1) is 0 Å². The lowest BCUT2D eigenvalue weighted by Gasteiger charge is -2.34. The Kier molecular flexibility index (Phi) is 6.21. The van der Waals surface area contributed by atoms with Crippen LogP contribution in [0.2, 0.25) is 0 Å². The van der Waals surface area contributed by atoms with Crippen LogP contribution in [0.4, 0.5) is 0 Å². The maximum Gasteiger partial charge on any atom is 0.0246 e. The van der Waals surface area contributed by atoms with Crippen molar-refractivity contribution in [3.63, 3.8) is 0 Å².